The first-order valence-corrected chi connectivity index (χ1v) is 17.1. The summed E-state index contributed by atoms with van der Waals surface area (Å²) in [6.45, 7) is 4.85. The molecule has 6 fully saturated rings. The van der Waals surface area contributed by atoms with E-state index < -0.39 is 17.0 Å². The zero-order valence-electron chi connectivity index (χ0n) is 25.6. The summed E-state index contributed by atoms with van der Waals surface area (Å²) in [5.41, 5.74) is 0.595. The molecule has 7 nitrogen and oxygen atoms in total. The van der Waals surface area contributed by atoms with Crippen molar-refractivity contribution in [1.82, 2.24) is 0 Å². The predicted molar refractivity (Wildman–Crippen MR) is 157 cm³/mol. The molecule has 0 aromatic carbocycles. The van der Waals surface area contributed by atoms with Crippen LogP contribution < -0.4 is 0 Å². The number of rotatable bonds is 4. The summed E-state index contributed by atoms with van der Waals surface area (Å²) in [6, 6.07) is 0. The van der Waals surface area contributed by atoms with Crippen LogP contribution in [0.1, 0.15) is 103 Å². The first-order valence-electron chi connectivity index (χ1n) is 17.1. The van der Waals surface area contributed by atoms with E-state index in [-0.39, 0.29) is 18.3 Å². The zero-order valence-corrected chi connectivity index (χ0v) is 25.6. The third kappa shape index (κ3) is 5.02. The van der Waals surface area contributed by atoms with E-state index in [1.807, 2.05) is 0 Å². The number of fused-ring (bicyclic) bond motifs is 4. The maximum atomic E-state index is 12.3. The van der Waals surface area contributed by atoms with Crippen LogP contribution in [-0.4, -0.2) is 71.6 Å². The lowest BCUT2D eigenvalue weighted by Gasteiger charge is -2.58. The average molecular weight is 585 g/mol. The fraction of sp³-hybridized carbons (Fsp3) is 0.886. The highest BCUT2D eigenvalue weighted by Gasteiger charge is 2.65. The molecule has 0 aromatic rings. The molecule has 2 aliphatic heterocycles. The van der Waals surface area contributed by atoms with E-state index in [4.69, 9.17) is 18.9 Å². The van der Waals surface area contributed by atoms with Crippen molar-refractivity contribution in [1.29, 1.82) is 0 Å². The van der Waals surface area contributed by atoms with Crippen LogP contribution in [0.15, 0.2) is 11.1 Å². The van der Waals surface area contributed by atoms with Gasteiger partial charge in [0, 0.05) is 31.5 Å². The quantitative estimate of drug-likeness (QED) is 0.321. The van der Waals surface area contributed by atoms with Crippen LogP contribution in [0.2, 0.25) is 0 Å². The van der Waals surface area contributed by atoms with E-state index in [2.05, 4.69) is 18.8 Å². The minimum atomic E-state index is -1.04. The van der Waals surface area contributed by atoms with Crippen molar-refractivity contribution in [2.75, 3.05) is 33.0 Å². The normalized spacial score (nSPS) is 46.5. The van der Waals surface area contributed by atoms with Gasteiger partial charge in [0.1, 0.15) is 12.2 Å². The summed E-state index contributed by atoms with van der Waals surface area (Å²) in [6.07, 6.45) is 13.7. The number of aliphatic hydroxyl groups is 3. The van der Waals surface area contributed by atoms with Crippen molar-refractivity contribution in [3.05, 3.63) is 11.1 Å². The largest absolute Gasteiger partial charge is 0.396 e. The lowest BCUT2D eigenvalue weighted by atomic mass is 9.48. The van der Waals surface area contributed by atoms with Crippen LogP contribution in [0.3, 0.4) is 0 Å². The molecule has 5 aliphatic carbocycles. The summed E-state index contributed by atoms with van der Waals surface area (Å²) < 4.78 is 23.8. The summed E-state index contributed by atoms with van der Waals surface area (Å²) >= 11 is 0. The summed E-state index contributed by atoms with van der Waals surface area (Å²) in [4.78, 5) is 0. The molecule has 2 saturated heterocycles. The van der Waals surface area contributed by atoms with Crippen LogP contribution in [-0.2, 0) is 18.9 Å². The Kier molecular flexibility index (Phi) is 8.09. The van der Waals surface area contributed by atoms with Gasteiger partial charge in [0.05, 0.1) is 18.8 Å². The summed E-state index contributed by atoms with van der Waals surface area (Å²) in [7, 11) is 0. The Morgan fingerprint density at radius 2 is 1.71 bits per heavy atom. The Hall–Kier alpha value is -0.980. The highest BCUT2D eigenvalue weighted by Crippen LogP contribution is 2.67. The smallest absolute Gasteiger partial charge is 0.171 e. The molecule has 4 saturated carbocycles. The van der Waals surface area contributed by atoms with Crippen LogP contribution >= 0.6 is 0 Å². The van der Waals surface area contributed by atoms with Gasteiger partial charge in [0.25, 0.3) is 0 Å². The molecule has 7 heteroatoms. The highest BCUT2D eigenvalue weighted by atomic mass is 16.7. The second-order valence-corrected chi connectivity index (χ2v) is 15.0. The molecule has 0 aromatic heterocycles. The molecule has 1 spiro atoms. The first-order chi connectivity index (χ1) is 20.3. The van der Waals surface area contributed by atoms with E-state index in [1.54, 1.807) is 0 Å². The minimum absolute atomic E-state index is 0.174. The SMILES string of the molecule is C[C@]12C[C@H](C3CCC(CO)CC3)C3=C4CCC5(C[C@]4(O)CCC3C1CC[C@@]2(O)C#CCOC1CCCCO1)OCCO5. The number of aliphatic hydroxyl groups excluding tert-OH is 1. The fourth-order valence-corrected chi connectivity index (χ4v) is 10.6. The second kappa shape index (κ2) is 11.4. The number of ether oxygens (including phenoxy) is 4. The molecule has 7 rings (SSSR count). The Labute approximate surface area is 251 Å². The molecule has 7 atom stereocenters. The number of hydrogen-bond donors (Lipinski definition) is 3. The van der Waals surface area contributed by atoms with Crippen molar-refractivity contribution in [2.45, 2.75) is 127 Å². The Morgan fingerprint density at radius 3 is 2.45 bits per heavy atom. The van der Waals surface area contributed by atoms with Gasteiger partial charge in [0.2, 0.25) is 0 Å². The lowest BCUT2D eigenvalue weighted by molar-refractivity contribution is -0.208. The molecule has 3 N–H and O–H groups in total. The van der Waals surface area contributed by atoms with Gasteiger partial charge >= 0.3 is 0 Å². The fourth-order valence-electron chi connectivity index (χ4n) is 10.6. The first kappa shape index (κ1) is 29.7. The molecule has 42 heavy (non-hydrogen) atoms. The van der Waals surface area contributed by atoms with Crippen molar-refractivity contribution in [3.63, 3.8) is 0 Å². The molecule has 7 aliphatic rings. The van der Waals surface area contributed by atoms with Gasteiger partial charge in [-0.15, -0.1) is 0 Å². The Morgan fingerprint density at radius 1 is 0.905 bits per heavy atom. The molecule has 0 bridgehead atoms. The molecule has 234 valence electrons. The zero-order chi connectivity index (χ0) is 29.0. The third-order valence-corrected chi connectivity index (χ3v) is 12.9. The Bertz CT molecular complexity index is 1090. The summed E-state index contributed by atoms with van der Waals surface area (Å²) in [5.74, 6) is 7.93. The monoisotopic (exact) mass is 584 g/mol. The van der Waals surface area contributed by atoms with E-state index in [1.165, 1.54) is 11.1 Å². The molecule has 2 heterocycles. The summed E-state index contributed by atoms with van der Waals surface area (Å²) in [5, 5.41) is 34.4. The molecular weight excluding hydrogens is 532 g/mol. The van der Waals surface area contributed by atoms with Gasteiger partial charge in [0.15, 0.2) is 12.1 Å². The molecule has 0 radical (unpaired) electrons. The van der Waals surface area contributed by atoms with Crippen LogP contribution in [0, 0.1) is 46.8 Å². The minimum Gasteiger partial charge on any atom is -0.396 e. The van der Waals surface area contributed by atoms with Crippen LogP contribution in [0.25, 0.3) is 0 Å². The molecule has 3 unspecified atom stereocenters. The van der Waals surface area contributed by atoms with E-state index in [0.29, 0.717) is 62.3 Å². The van der Waals surface area contributed by atoms with Crippen molar-refractivity contribution < 1.29 is 34.3 Å². The van der Waals surface area contributed by atoms with Gasteiger partial charge in [-0.05, 0) is 119 Å². The number of hydrogen-bond acceptors (Lipinski definition) is 7. The van der Waals surface area contributed by atoms with Gasteiger partial charge in [-0.1, -0.05) is 24.3 Å². The van der Waals surface area contributed by atoms with E-state index in [0.717, 1.165) is 90.1 Å². The topological polar surface area (TPSA) is 97.6 Å². The highest BCUT2D eigenvalue weighted by molar-refractivity contribution is 5.39. The van der Waals surface area contributed by atoms with Gasteiger partial charge in [-0.25, -0.2) is 0 Å². The second-order valence-electron chi connectivity index (χ2n) is 15.0. The van der Waals surface area contributed by atoms with Crippen molar-refractivity contribution >= 4 is 0 Å². The third-order valence-electron chi connectivity index (χ3n) is 12.9. The molecule has 0 amide bonds. The van der Waals surface area contributed by atoms with Crippen LogP contribution in [0.5, 0.6) is 0 Å². The lowest BCUT2D eigenvalue weighted by Crippen LogP contribution is -2.56. The standard InChI is InChI=1S/C35H52O7/c1-32-21-27(25-8-6-24(22-36)7-9-25)31-26(10-14-33(37)23-35(16-12-29(31)33)41-19-20-42-35)28(32)11-15-34(32,38)13-4-18-40-30-5-2-3-17-39-30/h24-28,30,36-38H,2-3,5-12,14-23H2,1H3/t24?,25?,26?,27-,28?,30?,32+,33-,34+/m1/s1. The maximum Gasteiger partial charge on any atom is 0.171 e. The van der Waals surface area contributed by atoms with E-state index in [9.17, 15) is 15.3 Å². The van der Waals surface area contributed by atoms with Gasteiger partial charge in [-0.3, -0.25) is 0 Å². The van der Waals surface area contributed by atoms with Crippen LogP contribution in [0.4, 0.5) is 0 Å². The van der Waals surface area contributed by atoms with Crippen molar-refractivity contribution in [2.24, 2.45) is 35.0 Å². The predicted octanol–water partition coefficient (Wildman–Crippen LogP) is 4.86. The van der Waals surface area contributed by atoms with Gasteiger partial charge in [-0.2, -0.15) is 0 Å². The number of allylic oxidation sites excluding steroid dienone is 1. The Balaban J connectivity index is 1.19. The van der Waals surface area contributed by atoms with Crippen molar-refractivity contribution in [3.8, 4) is 11.8 Å². The molecular formula is C35H52O7. The van der Waals surface area contributed by atoms with E-state index >= 15 is 0 Å². The maximum absolute atomic E-state index is 12.3. The van der Waals surface area contributed by atoms with Gasteiger partial charge < -0.3 is 34.3 Å². The average Bonchev–Trinajstić information content (AvgIpc) is 3.56.